The largest absolute Gasteiger partial charge is 0.271 e. The van der Waals surface area contributed by atoms with Crippen molar-refractivity contribution in [1.82, 2.24) is 10.0 Å². The van der Waals surface area contributed by atoms with Crippen molar-refractivity contribution in [1.29, 1.82) is 0 Å². The van der Waals surface area contributed by atoms with Crippen LogP contribution in [0.5, 0.6) is 0 Å². The lowest BCUT2D eigenvalue weighted by molar-refractivity contribution is -0.136. The average Bonchev–Trinajstić information content (AvgIpc) is 3.75. The normalized spacial score (nSPS) is 24.3. The number of hydrazone groups is 1. The first-order valence-electron chi connectivity index (χ1n) is 16.1. The molecule has 4 atom stereocenters. The van der Waals surface area contributed by atoms with Crippen molar-refractivity contribution >= 4 is 46.0 Å². The van der Waals surface area contributed by atoms with Crippen molar-refractivity contribution in [2.45, 2.75) is 51.2 Å². The fraction of sp³-hybridized carbons (Fsp3) is 0.263. The van der Waals surface area contributed by atoms with Gasteiger partial charge in [0.15, 0.2) is 12.1 Å². The zero-order chi connectivity index (χ0) is 32.2. The first kappa shape index (κ1) is 29.0. The van der Waals surface area contributed by atoms with Crippen LogP contribution in [0.4, 0.5) is 5.69 Å². The summed E-state index contributed by atoms with van der Waals surface area (Å²) in [6.07, 6.45) is 4.98. The first-order chi connectivity index (χ1) is 22.9. The second kappa shape index (κ2) is 11.4. The van der Waals surface area contributed by atoms with Crippen LogP contribution in [-0.4, -0.2) is 52.1 Å². The van der Waals surface area contributed by atoms with Crippen LogP contribution in [0, 0.1) is 19.8 Å². The molecule has 3 heterocycles. The molecule has 1 saturated heterocycles. The first-order valence-corrected chi connectivity index (χ1v) is 16.1. The van der Waals surface area contributed by atoms with Crippen molar-refractivity contribution in [3.8, 4) is 0 Å². The molecule has 4 aromatic carbocycles. The molecule has 234 valence electrons. The SMILES string of the molecule is Cc1ccc(/C=C2\CCC[C@@H]3C2=NN(C(=O)CN2N=N[C@@H]4C(=O)N(c5cccc6ccccc56)C(=O)[C@H]42)[C@H]3c2ccc(C)cc2)cc1. The third-order valence-electron chi connectivity index (χ3n) is 9.76. The number of carbonyl (C=O) groups is 3. The standard InChI is InChI=1S/C38H34N6O3/c1-23-13-17-25(18-14-23)21-28-9-5-11-30-33(28)40-44(35(30)27-19-15-24(2)16-20-27)32(45)22-42-36-34(39-41-42)37(46)43(38(36)47)31-12-6-8-26-7-3-4-10-29(26)31/h3-4,6-8,10,12-21,30,34-36H,5,9,11,22H2,1-2H3/b28-21+/t30-,34+,35+,36+/m1/s1. The minimum absolute atomic E-state index is 0.0385. The third kappa shape index (κ3) is 4.93. The van der Waals surface area contributed by atoms with Gasteiger partial charge in [0, 0.05) is 11.3 Å². The summed E-state index contributed by atoms with van der Waals surface area (Å²) in [6, 6.07) is 27.6. The third-order valence-corrected chi connectivity index (χ3v) is 9.76. The topological polar surface area (TPSA) is 98.0 Å². The minimum Gasteiger partial charge on any atom is -0.271 e. The molecule has 9 heteroatoms. The van der Waals surface area contributed by atoms with Crippen molar-refractivity contribution in [2.75, 3.05) is 11.4 Å². The van der Waals surface area contributed by atoms with E-state index in [2.05, 4.69) is 71.9 Å². The van der Waals surface area contributed by atoms with E-state index in [1.165, 1.54) is 15.5 Å². The van der Waals surface area contributed by atoms with Crippen molar-refractivity contribution < 1.29 is 14.4 Å². The Hall–Kier alpha value is -5.44. The number of allylic oxidation sites excluding steroid dienone is 1. The van der Waals surface area contributed by atoms with Crippen LogP contribution >= 0.6 is 0 Å². The van der Waals surface area contributed by atoms with Gasteiger partial charge in [-0.1, -0.05) is 101 Å². The molecule has 3 amide bonds. The Morgan fingerprint density at radius 1 is 0.851 bits per heavy atom. The number of amides is 3. The Labute approximate surface area is 272 Å². The summed E-state index contributed by atoms with van der Waals surface area (Å²) in [6.45, 7) is 3.89. The molecule has 0 bridgehead atoms. The van der Waals surface area contributed by atoms with Crippen molar-refractivity contribution in [3.05, 3.63) is 119 Å². The quantitative estimate of drug-likeness (QED) is 0.235. The maximum absolute atomic E-state index is 14.2. The maximum Gasteiger partial charge on any atom is 0.264 e. The summed E-state index contributed by atoms with van der Waals surface area (Å²) in [5.74, 6) is -1.13. The number of rotatable bonds is 5. The molecule has 0 unspecified atom stereocenters. The Kier molecular flexibility index (Phi) is 7.04. The average molecular weight is 623 g/mol. The summed E-state index contributed by atoms with van der Waals surface area (Å²) in [4.78, 5) is 42.9. The smallest absolute Gasteiger partial charge is 0.264 e. The highest BCUT2D eigenvalue weighted by molar-refractivity contribution is 6.27. The van der Waals surface area contributed by atoms with Crippen LogP contribution in [0.3, 0.4) is 0 Å². The van der Waals surface area contributed by atoms with Gasteiger partial charge < -0.3 is 0 Å². The second-order valence-electron chi connectivity index (χ2n) is 12.9. The molecule has 9 nitrogen and oxygen atoms in total. The van der Waals surface area contributed by atoms with Crippen LogP contribution in [0.25, 0.3) is 16.8 Å². The number of aryl methyl sites for hydroxylation is 2. The van der Waals surface area contributed by atoms with Crippen molar-refractivity contribution in [3.63, 3.8) is 0 Å². The van der Waals surface area contributed by atoms with Gasteiger partial charge in [-0.05, 0) is 67.3 Å². The lowest BCUT2D eigenvalue weighted by atomic mass is 9.77. The van der Waals surface area contributed by atoms with Crippen LogP contribution in [0.2, 0.25) is 0 Å². The van der Waals surface area contributed by atoms with E-state index < -0.39 is 23.9 Å². The van der Waals surface area contributed by atoms with Gasteiger partial charge in [0.1, 0.15) is 6.54 Å². The number of fused-ring (bicyclic) bond motifs is 3. The molecular weight excluding hydrogens is 588 g/mol. The van der Waals surface area contributed by atoms with Gasteiger partial charge in [-0.25, -0.2) is 9.91 Å². The van der Waals surface area contributed by atoms with E-state index in [1.54, 1.807) is 11.1 Å². The molecule has 4 aliphatic rings. The van der Waals surface area contributed by atoms with Gasteiger partial charge in [0.05, 0.1) is 17.4 Å². The Balaban J connectivity index is 1.10. The van der Waals surface area contributed by atoms with E-state index in [4.69, 9.17) is 5.10 Å². The number of anilines is 1. The molecular formula is C38H34N6O3. The summed E-state index contributed by atoms with van der Waals surface area (Å²) in [5.41, 5.74) is 7.04. The highest BCUT2D eigenvalue weighted by atomic mass is 16.2. The molecule has 0 spiro atoms. The lowest BCUT2D eigenvalue weighted by Crippen LogP contribution is -2.45. The number of carbonyl (C=O) groups excluding carboxylic acids is 3. The summed E-state index contributed by atoms with van der Waals surface area (Å²) >= 11 is 0. The summed E-state index contributed by atoms with van der Waals surface area (Å²) in [7, 11) is 0. The fourth-order valence-electron chi connectivity index (χ4n) is 7.37. The molecule has 0 radical (unpaired) electrons. The number of nitrogens with zero attached hydrogens (tertiary/aromatic N) is 6. The molecule has 0 N–H and O–H groups in total. The van der Waals surface area contributed by atoms with Gasteiger partial charge in [-0.15, -0.1) is 0 Å². The molecule has 1 aliphatic carbocycles. The van der Waals surface area contributed by atoms with E-state index >= 15 is 0 Å². The Morgan fingerprint density at radius 2 is 1.57 bits per heavy atom. The molecule has 3 aliphatic heterocycles. The van der Waals surface area contributed by atoms with E-state index in [-0.39, 0.29) is 24.4 Å². The molecule has 2 fully saturated rings. The van der Waals surface area contributed by atoms with Gasteiger partial charge >= 0.3 is 0 Å². The second-order valence-corrected chi connectivity index (χ2v) is 12.9. The number of hydrogen-bond donors (Lipinski definition) is 0. The van der Waals surface area contributed by atoms with Gasteiger partial charge in [0.2, 0.25) is 0 Å². The lowest BCUT2D eigenvalue weighted by Gasteiger charge is -2.30. The highest BCUT2D eigenvalue weighted by Gasteiger charge is 2.56. The molecule has 1 saturated carbocycles. The Bertz CT molecular complexity index is 2010. The number of hydrogen-bond acceptors (Lipinski definition) is 7. The Morgan fingerprint density at radius 3 is 2.36 bits per heavy atom. The monoisotopic (exact) mass is 622 g/mol. The van der Waals surface area contributed by atoms with Gasteiger partial charge in [0.25, 0.3) is 17.7 Å². The highest BCUT2D eigenvalue weighted by Crippen LogP contribution is 2.45. The van der Waals surface area contributed by atoms with Crippen molar-refractivity contribution in [2.24, 2.45) is 21.4 Å². The number of benzene rings is 4. The van der Waals surface area contributed by atoms with Crippen LogP contribution in [-0.2, 0) is 14.4 Å². The molecule has 4 aromatic rings. The zero-order valence-electron chi connectivity index (χ0n) is 26.3. The minimum atomic E-state index is -1.00. The van der Waals surface area contributed by atoms with Gasteiger partial charge in [-0.3, -0.25) is 19.4 Å². The number of imide groups is 1. The molecule has 47 heavy (non-hydrogen) atoms. The van der Waals surface area contributed by atoms with Crippen LogP contribution in [0.15, 0.2) is 112 Å². The van der Waals surface area contributed by atoms with Gasteiger partial charge in [-0.2, -0.15) is 10.2 Å². The van der Waals surface area contributed by atoms with E-state index in [0.29, 0.717) is 5.69 Å². The summed E-state index contributed by atoms with van der Waals surface area (Å²) < 4.78 is 0. The fourth-order valence-corrected chi connectivity index (χ4v) is 7.37. The maximum atomic E-state index is 14.2. The summed E-state index contributed by atoms with van der Waals surface area (Å²) in [5, 5.41) is 18.1. The molecule has 8 rings (SSSR count). The predicted octanol–water partition coefficient (Wildman–Crippen LogP) is 6.57. The van der Waals surface area contributed by atoms with E-state index in [9.17, 15) is 14.4 Å². The van der Waals surface area contributed by atoms with E-state index in [0.717, 1.165) is 58.0 Å². The predicted molar refractivity (Wildman–Crippen MR) is 180 cm³/mol. The zero-order valence-corrected chi connectivity index (χ0v) is 26.3. The van der Waals surface area contributed by atoms with E-state index in [1.807, 2.05) is 43.3 Å². The van der Waals surface area contributed by atoms with Crippen LogP contribution in [0.1, 0.15) is 47.6 Å². The molecule has 0 aromatic heterocycles. The van der Waals surface area contributed by atoms with Crippen LogP contribution < -0.4 is 4.90 Å².